The van der Waals surface area contributed by atoms with E-state index in [0.29, 0.717) is 5.69 Å². The van der Waals surface area contributed by atoms with Crippen molar-refractivity contribution >= 4 is 5.69 Å². The van der Waals surface area contributed by atoms with E-state index in [0.717, 1.165) is 24.4 Å². The summed E-state index contributed by atoms with van der Waals surface area (Å²) in [6, 6.07) is 6.05. The van der Waals surface area contributed by atoms with Gasteiger partial charge in [0.2, 0.25) is 0 Å². The molecule has 0 aliphatic rings. The number of nitrogen functional groups attached to an aromatic ring is 1. The lowest BCUT2D eigenvalue weighted by Crippen LogP contribution is -2.03. The summed E-state index contributed by atoms with van der Waals surface area (Å²) >= 11 is 0. The van der Waals surface area contributed by atoms with Gasteiger partial charge >= 0.3 is 0 Å². The lowest BCUT2D eigenvalue weighted by Gasteiger charge is -2.02. The minimum absolute atomic E-state index is 0.701. The van der Waals surface area contributed by atoms with Crippen LogP contribution in [-0.2, 0) is 13.0 Å². The third kappa shape index (κ3) is 2.56. The van der Waals surface area contributed by atoms with Crippen LogP contribution in [0.2, 0.25) is 0 Å². The first-order valence-corrected chi connectivity index (χ1v) is 4.94. The van der Waals surface area contributed by atoms with E-state index in [4.69, 9.17) is 5.73 Å². The fourth-order valence-corrected chi connectivity index (χ4v) is 1.47. The Morgan fingerprint density at radius 2 is 2.27 bits per heavy atom. The number of anilines is 1. The summed E-state index contributed by atoms with van der Waals surface area (Å²) in [5.74, 6) is 0. The van der Waals surface area contributed by atoms with Gasteiger partial charge < -0.3 is 5.73 Å². The smallest absolute Gasteiger partial charge is 0.0719 e. The lowest BCUT2D eigenvalue weighted by molar-refractivity contribution is 0.608. The Kier molecular flexibility index (Phi) is 2.67. The Balaban J connectivity index is 1.99. The number of nitrogens with zero attached hydrogens (tertiary/aromatic N) is 3. The minimum atomic E-state index is 0.701. The predicted octanol–water partition coefficient (Wildman–Crippen LogP) is 1.41. The van der Waals surface area contributed by atoms with Gasteiger partial charge in [-0.3, -0.25) is 9.67 Å². The van der Waals surface area contributed by atoms with Crippen molar-refractivity contribution < 1.29 is 0 Å². The normalized spacial score (nSPS) is 10.5. The summed E-state index contributed by atoms with van der Waals surface area (Å²) in [7, 11) is 0. The first-order valence-electron chi connectivity index (χ1n) is 4.94. The molecule has 0 saturated heterocycles. The molecule has 2 N–H and O–H groups in total. The fourth-order valence-electron chi connectivity index (χ4n) is 1.47. The zero-order chi connectivity index (χ0) is 10.7. The average Bonchev–Trinajstić information content (AvgIpc) is 2.62. The molecule has 15 heavy (non-hydrogen) atoms. The van der Waals surface area contributed by atoms with Crippen LogP contribution in [0.25, 0.3) is 0 Å². The third-order valence-corrected chi connectivity index (χ3v) is 2.20. The molecular formula is C11H14N4. The van der Waals surface area contributed by atoms with Crippen molar-refractivity contribution in [3.63, 3.8) is 0 Å². The average molecular weight is 202 g/mol. The van der Waals surface area contributed by atoms with E-state index in [-0.39, 0.29) is 0 Å². The van der Waals surface area contributed by atoms with Crippen LogP contribution in [-0.4, -0.2) is 14.8 Å². The minimum Gasteiger partial charge on any atom is -0.396 e. The molecule has 78 valence electrons. The number of hydrogen-bond acceptors (Lipinski definition) is 3. The van der Waals surface area contributed by atoms with Gasteiger partial charge in [-0.25, -0.2) is 0 Å². The van der Waals surface area contributed by atoms with E-state index in [1.807, 2.05) is 36.0 Å². The van der Waals surface area contributed by atoms with Crippen molar-refractivity contribution in [3.8, 4) is 0 Å². The molecule has 2 aromatic rings. The monoisotopic (exact) mass is 202 g/mol. The van der Waals surface area contributed by atoms with Gasteiger partial charge in [0.1, 0.15) is 0 Å². The zero-order valence-electron chi connectivity index (χ0n) is 8.72. The zero-order valence-corrected chi connectivity index (χ0v) is 8.72. The summed E-state index contributed by atoms with van der Waals surface area (Å²) in [4.78, 5) is 4.42. The quantitative estimate of drug-likeness (QED) is 0.818. The standard InChI is InChI=1S/C11H14N4/c1-9-3-2-4-11(14-9)5-6-15-8-10(12)7-13-15/h2-4,7-8H,5-6,12H2,1H3. The first-order chi connectivity index (χ1) is 7.24. The predicted molar refractivity (Wildman–Crippen MR) is 59.3 cm³/mol. The van der Waals surface area contributed by atoms with E-state index in [9.17, 15) is 0 Å². The maximum atomic E-state index is 5.57. The van der Waals surface area contributed by atoms with Crippen LogP contribution >= 0.6 is 0 Å². The van der Waals surface area contributed by atoms with Crippen LogP contribution in [0.15, 0.2) is 30.6 Å². The first kappa shape index (κ1) is 9.71. The van der Waals surface area contributed by atoms with Gasteiger partial charge in [-0.15, -0.1) is 0 Å². The second kappa shape index (κ2) is 4.13. The highest BCUT2D eigenvalue weighted by molar-refractivity contribution is 5.30. The molecule has 2 aromatic heterocycles. The second-order valence-corrected chi connectivity index (χ2v) is 3.56. The van der Waals surface area contributed by atoms with Crippen molar-refractivity contribution in [2.45, 2.75) is 19.9 Å². The molecule has 4 nitrogen and oxygen atoms in total. The number of aromatic nitrogens is 3. The molecule has 2 rings (SSSR count). The maximum absolute atomic E-state index is 5.57. The van der Waals surface area contributed by atoms with E-state index < -0.39 is 0 Å². The highest BCUT2D eigenvalue weighted by atomic mass is 15.3. The molecule has 0 spiro atoms. The van der Waals surface area contributed by atoms with Crippen molar-refractivity contribution in [3.05, 3.63) is 42.0 Å². The Morgan fingerprint density at radius 1 is 1.40 bits per heavy atom. The van der Waals surface area contributed by atoms with Crippen molar-refractivity contribution in [1.82, 2.24) is 14.8 Å². The topological polar surface area (TPSA) is 56.7 Å². The summed E-state index contributed by atoms with van der Waals surface area (Å²) in [6.45, 7) is 2.81. The Labute approximate surface area is 88.8 Å². The number of hydrogen-bond donors (Lipinski definition) is 1. The maximum Gasteiger partial charge on any atom is 0.0719 e. The van der Waals surface area contributed by atoms with Crippen LogP contribution in [0.1, 0.15) is 11.4 Å². The molecule has 0 amide bonds. The summed E-state index contributed by atoms with van der Waals surface area (Å²) in [6.07, 6.45) is 4.36. The fraction of sp³-hybridized carbons (Fsp3) is 0.273. The molecule has 0 fully saturated rings. The van der Waals surface area contributed by atoms with Gasteiger partial charge in [-0.1, -0.05) is 6.07 Å². The van der Waals surface area contributed by atoms with E-state index in [2.05, 4.69) is 10.1 Å². The van der Waals surface area contributed by atoms with Gasteiger partial charge in [-0.05, 0) is 19.1 Å². The van der Waals surface area contributed by atoms with Gasteiger partial charge in [-0.2, -0.15) is 5.10 Å². The largest absolute Gasteiger partial charge is 0.396 e. The molecule has 2 heterocycles. The summed E-state index contributed by atoms with van der Waals surface area (Å²) in [5, 5.41) is 4.12. The van der Waals surface area contributed by atoms with Crippen LogP contribution in [0.3, 0.4) is 0 Å². The molecule has 0 aliphatic heterocycles. The number of nitrogens with two attached hydrogens (primary N) is 1. The van der Waals surface area contributed by atoms with Crippen LogP contribution in [0, 0.1) is 6.92 Å². The number of aryl methyl sites for hydroxylation is 3. The van der Waals surface area contributed by atoms with Crippen molar-refractivity contribution in [2.75, 3.05) is 5.73 Å². The molecule has 0 aromatic carbocycles. The summed E-state index contributed by atoms with van der Waals surface area (Å²) in [5.41, 5.74) is 8.41. The van der Waals surface area contributed by atoms with Crippen molar-refractivity contribution in [2.24, 2.45) is 0 Å². The Morgan fingerprint density at radius 3 is 2.93 bits per heavy atom. The molecule has 0 radical (unpaired) electrons. The van der Waals surface area contributed by atoms with E-state index >= 15 is 0 Å². The van der Waals surface area contributed by atoms with Gasteiger partial charge in [0, 0.05) is 30.6 Å². The Bertz CT molecular complexity index is 447. The van der Waals surface area contributed by atoms with Gasteiger partial charge in [0.15, 0.2) is 0 Å². The highest BCUT2D eigenvalue weighted by Gasteiger charge is 1.97. The third-order valence-electron chi connectivity index (χ3n) is 2.20. The van der Waals surface area contributed by atoms with E-state index in [1.54, 1.807) is 6.20 Å². The molecule has 0 aliphatic carbocycles. The van der Waals surface area contributed by atoms with Crippen LogP contribution in [0.5, 0.6) is 0 Å². The molecule has 0 unspecified atom stereocenters. The van der Waals surface area contributed by atoms with Gasteiger partial charge in [0.05, 0.1) is 11.9 Å². The molecular weight excluding hydrogens is 188 g/mol. The second-order valence-electron chi connectivity index (χ2n) is 3.56. The summed E-state index contributed by atoms with van der Waals surface area (Å²) < 4.78 is 1.83. The molecule has 0 saturated carbocycles. The van der Waals surface area contributed by atoms with Crippen LogP contribution < -0.4 is 5.73 Å². The van der Waals surface area contributed by atoms with E-state index in [1.165, 1.54) is 0 Å². The molecule has 0 atom stereocenters. The molecule has 4 heteroatoms. The van der Waals surface area contributed by atoms with Crippen molar-refractivity contribution in [1.29, 1.82) is 0 Å². The molecule has 0 bridgehead atoms. The lowest BCUT2D eigenvalue weighted by atomic mass is 10.2. The number of pyridine rings is 1. The highest BCUT2D eigenvalue weighted by Crippen LogP contribution is 2.02. The van der Waals surface area contributed by atoms with Crippen LogP contribution in [0.4, 0.5) is 5.69 Å². The number of rotatable bonds is 3. The van der Waals surface area contributed by atoms with Gasteiger partial charge in [0.25, 0.3) is 0 Å². The Hall–Kier alpha value is -1.84. The SMILES string of the molecule is Cc1cccc(CCn2cc(N)cn2)n1.